The summed E-state index contributed by atoms with van der Waals surface area (Å²) >= 11 is 1.09. The molecule has 0 aromatic carbocycles. The Morgan fingerprint density at radius 2 is 1.83 bits per heavy atom. The van der Waals surface area contributed by atoms with Gasteiger partial charge in [0.05, 0.1) is 23.6 Å². The number of Topliss-reactive ketones (excluding diaryl/α,β-unsaturated/α-hetero) is 1. The fourth-order valence-corrected chi connectivity index (χ4v) is 3.06. The van der Waals surface area contributed by atoms with Crippen LogP contribution < -0.4 is 5.56 Å². The average molecular weight is 350 g/mol. The number of carbonyl (C=O) groups is 2. The summed E-state index contributed by atoms with van der Waals surface area (Å²) in [6, 6.07) is 0. The van der Waals surface area contributed by atoms with Crippen LogP contribution in [0.2, 0.25) is 0 Å². The molecule has 0 unspecified atom stereocenters. The average Bonchev–Trinajstić information content (AvgIpc) is 2.84. The van der Waals surface area contributed by atoms with Gasteiger partial charge in [-0.15, -0.1) is 10.2 Å². The number of hydrogen-bond acceptors (Lipinski definition) is 7. The molecule has 0 aliphatic heterocycles. The molecule has 0 saturated carbocycles. The Labute approximate surface area is 142 Å². The molecule has 0 amide bonds. The molecule has 2 N–H and O–H groups in total. The Balaban J connectivity index is 2.26. The van der Waals surface area contributed by atoms with E-state index in [9.17, 15) is 14.4 Å². The molecular formula is C15H18N4O4S. The van der Waals surface area contributed by atoms with Gasteiger partial charge in [-0.2, -0.15) is 0 Å². The van der Waals surface area contributed by atoms with Crippen molar-refractivity contribution in [1.29, 1.82) is 0 Å². The van der Waals surface area contributed by atoms with E-state index in [0.717, 1.165) is 11.8 Å². The normalized spacial score (nSPS) is 12.0. The number of esters is 1. The van der Waals surface area contributed by atoms with Gasteiger partial charge in [-0.1, -0.05) is 11.8 Å². The minimum atomic E-state index is -0.528. The SMILES string of the molecule is COC(=O)c1c(C)[nH]c(C(=O)[C@@H](C)Sc2nnc(C)c(=O)[nH]2)c1C. The summed E-state index contributed by atoms with van der Waals surface area (Å²) in [5.41, 5.74) is 1.74. The zero-order valence-corrected chi connectivity index (χ0v) is 14.8. The van der Waals surface area contributed by atoms with Gasteiger partial charge in [0, 0.05) is 5.69 Å². The maximum atomic E-state index is 12.7. The second kappa shape index (κ2) is 7.00. The molecular weight excluding hydrogens is 332 g/mol. The maximum Gasteiger partial charge on any atom is 0.339 e. The van der Waals surface area contributed by atoms with Crippen molar-refractivity contribution in [3.8, 4) is 0 Å². The van der Waals surface area contributed by atoms with Crippen molar-refractivity contribution >= 4 is 23.5 Å². The summed E-state index contributed by atoms with van der Waals surface area (Å²) in [6.45, 7) is 6.64. The van der Waals surface area contributed by atoms with E-state index >= 15 is 0 Å². The lowest BCUT2D eigenvalue weighted by Gasteiger charge is -2.09. The Morgan fingerprint density at radius 3 is 2.42 bits per heavy atom. The van der Waals surface area contributed by atoms with E-state index < -0.39 is 11.2 Å². The Hall–Kier alpha value is -2.42. The van der Waals surface area contributed by atoms with Crippen molar-refractivity contribution in [2.45, 2.75) is 38.1 Å². The number of rotatable bonds is 5. The Bertz CT molecular complexity index is 856. The van der Waals surface area contributed by atoms with E-state index in [-0.39, 0.29) is 22.2 Å². The lowest BCUT2D eigenvalue weighted by Crippen LogP contribution is -2.19. The Kier molecular flexibility index (Phi) is 5.23. The first kappa shape index (κ1) is 17.9. The smallest absolute Gasteiger partial charge is 0.339 e. The summed E-state index contributed by atoms with van der Waals surface area (Å²) in [5.74, 6) is -0.701. The van der Waals surface area contributed by atoms with Gasteiger partial charge in [0.25, 0.3) is 5.56 Å². The van der Waals surface area contributed by atoms with E-state index in [1.54, 1.807) is 27.7 Å². The van der Waals surface area contributed by atoms with Crippen LogP contribution in [0.25, 0.3) is 0 Å². The van der Waals surface area contributed by atoms with Crippen LogP contribution in [-0.4, -0.2) is 44.3 Å². The van der Waals surface area contributed by atoms with E-state index in [4.69, 9.17) is 4.74 Å². The molecule has 9 heteroatoms. The highest BCUT2D eigenvalue weighted by atomic mass is 32.2. The van der Waals surface area contributed by atoms with Gasteiger partial charge in [0.15, 0.2) is 10.9 Å². The van der Waals surface area contributed by atoms with Crippen molar-refractivity contribution in [3.63, 3.8) is 0 Å². The summed E-state index contributed by atoms with van der Waals surface area (Å²) < 4.78 is 4.74. The summed E-state index contributed by atoms with van der Waals surface area (Å²) in [7, 11) is 1.29. The highest BCUT2D eigenvalue weighted by molar-refractivity contribution is 8.00. The molecule has 8 nitrogen and oxygen atoms in total. The summed E-state index contributed by atoms with van der Waals surface area (Å²) in [6.07, 6.45) is 0. The number of nitrogens with one attached hydrogen (secondary N) is 2. The number of thioether (sulfide) groups is 1. The molecule has 2 rings (SSSR count). The molecule has 2 heterocycles. The first-order valence-electron chi connectivity index (χ1n) is 7.18. The fourth-order valence-electron chi connectivity index (χ4n) is 2.26. The number of hydrogen-bond donors (Lipinski definition) is 2. The molecule has 128 valence electrons. The molecule has 0 bridgehead atoms. The predicted molar refractivity (Wildman–Crippen MR) is 88.6 cm³/mol. The number of aryl methyl sites for hydroxylation is 2. The predicted octanol–water partition coefficient (Wildman–Crippen LogP) is 1.57. The van der Waals surface area contributed by atoms with E-state index in [0.29, 0.717) is 22.5 Å². The molecule has 0 fully saturated rings. The van der Waals surface area contributed by atoms with E-state index in [2.05, 4.69) is 20.2 Å². The van der Waals surface area contributed by atoms with Crippen LogP contribution in [0.3, 0.4) is 0 Å². The molecule has 0 radical (unpaired) electrons. The van der Waals surface area contributed by atoms with Crippen LogP contribution in [0.5, 0.6) is 0 Å². The van der Waals surface area contributed by atoms with Crippen molar-refractivity contribution in [2.75, 3.05) is 7.11 Å². The summed E-state index contributed by atoms with van der Waals surface area (Å²) in [4.78, 5) is 41.5. The zero-order chi connectivity index (χ0) is 18.0. The third-order valence-corrected chi connectivity index (χ3v) is 4.55. The molecule has 0 aliphatic rings. The minimum Gasteiger partial charge on any atom is -0.465 e. The third-order valence-electron chi connectivity index (χ3n) is 3.57. The van der Waals surface area contributed by atoms with Gasteiger partial charge in [0.2, 0.25) is 0 Å². The largest absolute Gasteiger partial charge is 0.465 e. The van der Waals surface area contributed by atoms with Crippen molar-refractivity contribution < 1.29 is 14.3 Å². The highest BCUT2D eigenvalue weighted by Crippen LogP contribution is 2.25. The van der Waals surface area contributed by atoms with Crippen LogP contribution in [0, 0.1) is 20.8 Å². The van der Waals surface area contributed by atoms with Crippen LogP contribution in [0.1, 0.15) is 44.7 Å². The topological polar surface area (TPSA) is 118 Å². The summed E-state index contributed by atoms with van der Waals surface area (Å²) in [5, 5.41) is 7.34. The number of aromatic amines is 2. The number of ether oxygens (including phenoxy) is 1. The molecule has 0 spiro atoms. The van der Waals surface area contributed by atoms with Crippen molar-refractivity contribution in [3.05, 3.63) is 38.6 Å². The van der Waals surface area contributed by atoms with E-state index in [1.165, 1.54) is 7.11 Å². The van der Waals surface area contributed by atoms with Gasteiger partial charge >= 0.3 is 5.97 Å². The zero-order valence-electron chi connectivity index (χ0n) is 14.0. The number of methoxy groups -OCH3 is 1. The van der Waals surface area contributed by atoms with Gasteiger partial charge < -0.3 is 9.72 Å². The third kappa shape index (κ3) is 3.40. The van der Waals surface area contributed by atoms with Crippen LogP contribution in [-0.2, 0) is 4.74 Å². The number of aromatic nitrogens is 4. The fraction of sp³-hybridized carbons (Fsp3) is 0.400. The monoisotopic (exact) mass is 350 g/mol. The Morgan fingerprint density at radius 1 is 1.17 bits per heavy atom. The van der Waals surface area contributed by atoms with Gasteiger partial charge in [-0.25, -0.2) is 4.79 Å². The lowest BCUT2D eigenvalue weighted by atomic mass is 10.1. The van der Waals surface area contributed by atoms with Crippen LogP contribution in [0.4, 0.5) is 0 Å². The van der Waals surface area contributed by atoms with Crippen LogP contribution >= 0.6 is 11.8 Å². The van der Waals surface area contributed by atoms with Crippen molar-refractivity contribution in [2.24, 2.45) is 0 Å². The molecule has 24 heavy (non-hydrogen) atoms. The molecule has 0 aliphatic carbocycles. The van der Waals surface area contributed by atoms with E-state index in [1.807, 2.05) is 0 Å². The molecule has 1 atom stereocenters. The molecule has 0 saturated heterocycles. The number of nitrogens with zero attached hydrogens (tertiary/aromatic N) is 2. The highest BCUT2D eigenvalue weighted by Gasteiger charge is 2.26. The molecule has 2 aromatic heterocycles. The van der Waals surface area contributed by atoms with Gasteiger partial charge in [-0.05, 0) is 33.3 Å². The molecule has 2 aromatic rings. The first-order valence-corrected chi connectivity index (χ1v) is 8.06. The lowest BCUT2D eigenvalue weighted by molar-refractivity contribution is 0.0599. The first-order chi connectivity index (χ1) is 11.3. The van der Waals surface area contributed by atoms with Gasteiger partial charge in [-0.3, -0.25) is 14.6 Å². The van der Waals surface area contributed by atoms with Gasteiger partial charge in [0.1, 0.15) is 5.69 Å². The van der Waals surface area contributed by atoms with Crippen LogP contribution in [0.15, 0.2) is 9.95 Å². The second-order valence-electron chi connectivity index (χ2n) is 5.29. The minimum absolute atomic E-state index is 0.209. The second-order valence-corrected chi connectivity index (χ2v) is 6.62. The standard InChI is InChI=1S/C15H18N4O4S/c1-6-10(14(22)23-5)7(2)16-11(6)12(20)9(4)24-15-17-13(21)8(3)18-19-15/h9,16H,1-5H3,(H,17,19,21)/t9-/m1/s1. The number of carbonyl (C=O) groups excluding carboxylic acids is 2. The number of ketones is 1. The number of H-pyrrole nitrogens is 2. The van der Waals surface area contributed by atoms with Crippen molar-refractivity contribution in [1.82, 2.24) is 20.2 Å². The maximum absolute atomic E-state index is 12.7. The quantitative estimate of drug-likeness (QED) is 0.477.